The van der Waals surface area contributed by atoms with E-state index in [9.17, 15) is 0 Å². The van der Waals surface area contributed by atoms with Crippen LogP contribution in [0.3, 0.4) is 0 Å². The number of para-hydroxylation sites is 1. The number of hydrogen-bond acceptors (Lipinski definition) is 5. The van der Waals surface area contributed by atoms with Gasteiger partial charge >= 0.3 is 0 Å². The summed E-state index contributed by atoms with van der Waals surface area (Å²) in [5, 5.41) is 6.83. The zero-order valence-corrected chi connectivity index (χ0v) is 16.5. The van der Waals surface area contributed by atoms with Gasteiger partial charge in [0, 0.05) is 16.9 Å². The number of rotatable bonds is 5. The first-order chi connectivity index (χ1) is 12.7. The van der Waals surface area contributed by atoms with E-state index < -0.39 is 0 Å². The van der Waals surface area contributed by atoms with Crippen LogP contribution in [-0.4, -0.2) is 22.9 Å². The molecule has 3 aromatic rings. The highest BCUT2D eigenvalue weighted by Gasteiger charge is 2.29. The highest BCUT2D eigenvalue weighted by Crippen LogP contribution is 2.29. The molecule has 26 heavy (non-hydrogen) atoms. The summed E-state index contributed by atoms with van der Waals surface area (Å²) in [5.41, 5.74) is 2.29. The Morgan fingerprint density at radius 1 is 1.38 bits per heavy atom. The van der Waals surface area contributed by atoms with E-state index >= 15 is 0 Å². The van der Waals surface area contributed by atoms with Crippen LogP contribution in [0.5, 0.6) is 5.75 Å². The van der Waals surface area contributed by atoms with Crippen molar-refractivity contribution >= 4 is 23.6 Å². The molecule has 0 bridgehead atoms. The molecule has 0 amide bonds. The van der Waals surface area contributed by atoms with Crippen molar-refractivity contribution in [3.05, 3.63) is 51.0 Å². The van der Waals surface area contributed by atoms with Gasteiger partial charge in [0.15, 0.2) is 6.67 Å². The number of fused-ring (bicyclic) bond motifs is 1. The fourth-order valence-corrected chi connectivity index (χ4v) is 4.66. The highest BCUT2D eigenvalue weighted by atomic mass is 32.1. The third-order valence-corrected chi connectivity index (χ3v) is 6.20. The van der Waals surface area contributed by atoms with E-state index in [1.807, 2.05) is 42.5 Å². The minimum atomic E-state index is 0.405. The van der Waals surface area contributed by atoms with Crippen molar-refractivity contribution in [2.24, 2.45) is 0 Å². The van der Waals surface area contributed by atoms with Crippen LogP contribution in [0.15, 0.2) is 40.1 Å². The van der Waals surface area contributed by atoms with E-state index in [-0.39, 0.29) is 0 Å². The molecular formula is C19H22N3O2S2+. The van der Waals surface area contributed by atoms with E-state index in [4.69, 9.17) is 21.4 Å². The van der Waals surface area contributed by atoms with Crippen LogP contribution in [-0.2, 0) is 13.1 Å². The molecule has 1 N–H and O–H groups in total. The van der Waals surface area contributed by atoms with Crippen LogP contribution >= 0.6 is 23.6 Å². The smallest absolute Gasteiger partial charge is 0.292 e. The Labute approximate surface area is 161 Å². The molecule has 0 saturated heterocycles. The second-order valence-corrected chi connectivity index (χ2v) is 7.79. The van der Waals surface area contributed by atoms with Crippen molar-refractivity contribution in [3.8, 4) is 17.2 Å². The summed E-state index contributed by atoms with van der Waals surface area (Å²) in [7, 11) is 0. The normalized spacial score (nSPS) is 19.3. The zero-order valence-electron chi connectivity index (χ0n) is 14.9. The Morgan fingerprint density at radius 2 is 2.23 bits per heavy atom. The molecule has 3 heterocycles. The van der Waals surface area contributed by atoms with Crippen molar-refractivity contribution in [2.45, 2.75) is 33.0 Å². The maximum Gasteiger partial charge on any atom is 0.292 e. The number of hydrogen-bond donors (Lipinski definition) is 1. The number of thiophene rings is 1. The molecule has 7 heteroatoms. The van der Waals surface area contributed by atoms with E-state index in [0.29, 0.717) is 30.0 Å². The Balaban J connectivity index is 1.59. The van der Waals surface area contributed by atoms with Crippen molar-refractivity contribution in [3.63, 3.8) is 0 Å². The topological polar surface area (TPSA) is 44.6 Å². The Morgan fingerprint density at radius 3 is 3.08 bits per heavy atom. The third-order valence-electron chi connectivity index (χ3n) is 4.91. The van der Waals surface area contributed by atoms with Gasteiger partial charge in [0.05, 0.1) is 18.7 Å². The minimum absolute atomic E-state index is 0.405. The largest absolute Gasteiger partial charge is 0.493 e. The molecule has 0 saturated carbocycles. The first-order valence-electron chi connectivity index (χ1n) is 8.88. The van der Waals surface area contributed by atoms with Crippen LogP contribution < -0.4 is 9.64 Å². The van der Waals surface area contributed by atoms with Gasteiger partial charge in [0.25, 0.3) is 10.7 Å². The van der Waals surface area contributed by atoms with E-state index in [0.717, 1.165) is 24.3 Å². The summed E-state index contributed by atoms with van der Waals surface area (Å²) in [4.78, 5) is 3.36. The number of nitrogens with zero attached hydrogens (tertiary/aromatic N) is 2. The summed E-state index contributed by atoms with van der Waals surface area (Å²) < 4.78 is 13.3. The number of nitrogens with one attached hydrogen (secondary N) is 1. The first-order valence-corrected chi connectivity index (χ1v) is 10.2. The van der Waals surface area contributed by atoms with Gasteiger partial charge in [-0.2, -0.15) is 4.68 Å². The average molecular weight is 389 g/mol. The van der Waals surface area contributed by atoms with Crippen molar-refractivity contribution in [2.75, 3.05) is 13.2 Å². The van der Waals surface area contributed by atoms with Crippen LogP contribution in [0.25, 0.3) is 11.5 Å². The molecule has 0 spiro atoms. The first kappa shape index (κ1) is 17.5. The third kappa shape index (κ3) is 3.22. The summed E-state index contributed by atoms with van der Waals surface area (Å²) in [5.74, 6) is 1.28. The molecule has 1 aliphatic heterocycles. The molecular weight excluding hydrogens is 366 g/mol. The lowest BCUT2D eigenvalue weighted by Gasteiger charge is -2.29. The zero-order chi connectivity index (χ0) is 18.1. The predicted octanol–water partition coefficient (Wildman–Crippen LogP) is 3.49. The molecule has 1 unspecified atom stereocenters. The summed E-state index contributed by atoms with van der Waals surface area (Å²) in [6.07, 6.45) is 1.11. The van der Waals surface area contributed by atoms with Gasteiger partial charge in [-0.1, -0.05) is 12.1 Å². The lowest BCUT2D eigenvalue weighted by Crippen LogP contribution is -3.12. The SMILES string of the molecule is CCOc1ccccc1-c1nn(C[NH+]2CCc3sccc3[C@@H]2C)c(=S)o1. The molecule has 1 aliphatic rings. The van der Waals surface area contributed by atoms with E-state index in [1.54, 1.807) is 4.68 Å². The van der Waals surface area contributed by atoms with Gasteiger partial charge in [-0.15, -0.1) is 16.4 Å². The number of quaternary nitrogens is 1. The maximum absolute atomic E-state index is 5.79. The van der Waals surface area contributed by atoms with Crippen molar-refractivity contribution < 1.29 is 14.1 Å². The second-order valence-electron chi connectivity index (χ2n) is 6.44. The van der Waals surface area contributed by atoms with Crippen LogP contribution in [0.4, 0.5) is 0 Å². The molecule has 5 nitrogen and oxygen atoms in total. The van der Waals surface area contributed by atoms with Gasteiger partial charge < -0.3 is 14.1 Å². The monoisotopic (exact) mass is 388 g/mol. The Hall–Kier alpha value is -1.96. The minimum Gasteiger partial charge on any atom is -0.493 e. The van der Waals surface area contributed by atoms with Gasteiger partial charge in [0.2, 0.25) is 0 Å². The van der Waals surface area contributed by atoms with Crippen molar-refractivity contribution in [1.82, 2.24) is 9.78 Å². The summed E-state index contributed by atoms with van der Waals surface area (Å²) in [6, 6.07) is 10.4. The lowest BCUT2D eigenvalue weighted by molar-refractivity contribution is -0.954. The van der Waals surface area contributed by atoms with Crippen LogP contribution in [0.1, 0.15) is 30.3 Å². The van der Waals surface area contributed by atoms with E-state index in [2.05, 4.69) is 23.5 Å². The number of benzene rings is 1. The summed E-state index contributed by atoms with van der Waals surface area (Å²) in [6.45, 7) is 6.61. The highest BCUT2D eigenvalue weighted by molar-refractivity contribution is 7.71. The van der Waals surface area contributed by atoms with Gasteiger partial charge in [-0.05, 0) is 49.6 Å². The fourth-order valence-electron chi connectivity index (χ4n) is 3.50. The lowest BCUT2D eigenvalue weighted by atomic mass is 10.0. The molecule has 1 aromatic carbocycles. The molecule has 136 valence electrons. The quantitative estimate of drug-likeness (QED) is 0.680. The molecule has 0 aliphatic carbocycles. The van der Waals surface area contributed by atoms with Crippen LogP contribution in [0.2, 0.25) is 0 Å². The van der Waals surface area contributed by atoms with Crippen molar-refractivity contribution in [1.29, 1.82) is 0 Å². The second kappa shape index (κ2) is 7.34. The molecule has 2 aromatic heterocycles. The van der Waals surface area contributed by atoms with E-state index in [1.165, 1.54) is 15.3 Å². The van der Waals surface area contributed by atoms with Gasteiger partial charge in [-0.25, -0.2) is 0 Å². The average Bonchev–Trinajstić information content (AvgIpc) is 3.26. The molecule has 0 fully saturated rings. The fraction of sp³-hybridized carbons (Fsp3) is 0.368. The number of aromatic nitrogens is 2. The van der Waals surface area contributed by atoms with Gasteiger partial charge in [0.1, 0.15) is 11.8 Å². The Bertz CT molecular complexity index is 960. The molecule has 0 radical (unpaired) electrons. The van der Waals surface area contributed by atoms with Crippen LogP contribution in [0, 0.1) is 4.84 Å². The number of ether oxygens (including phenoxy) is 1. The standard InChI is InChI=1S/C19H21N3O2S2/c1-3-23-16-7-5-4-6-15(16)18-20-22(19(25)24-18)12-21-10-8-17-14(13(21)2)9-11-26-17/h4-7,9,11,13H,3,8,10,12H2,1-2H3/p+1/t13-/m0/s1. The Kier molecular flexibility index (Phi) is 4.93. The predicted molar refractivity (Wildman–Crippen MR) is 104 cm³/mol. The molecule has 4 rings (SSSR count). The summed E-state index contributed by atoms with van der Waals surface area (Å²) >= 11 is 7.29. The molecule has 2 atom stereocenters. The van der Waals surface area contributed by atoms with Gasteiger partial charge in [-0.3, -0.25) is 0 Å². The maximum atomic E-state index is 5.79.